The summed E-state index contributed by atoms with van der Waals surface area (Å²) >= 11 is 0. The van der Waals surface area contributed by atoms with E-state index in [9.17, 15) is 15.0 Å². The summed E-state index contributed by atoms with van der Waals surface area (Å²) in [7, 11) is 0. The van der Waals surface area contributed by atoms with Crippen molar-refractivity contribution in [2.75, 3.05) is 32.7 Å². The number of phenols is 2. The average molecular weight is 294 g/mol. The first kappa shape index (κ1) is 17.3. The summed E-state index contributed by atoms with van der Waals surface area (Å²) in [6.45, 7) is 10.4. The van der Waals surface area contributed by atoms with Crippen LogP contribution in [0.5, 0.6) is 11.5 Å². The number of rotatable bonds is 8. The highest BCUT2D eigenvalue weighted by Crippen LogP contribution is 2.23. The molecule has 0 aromatic heterocycles. The lowest BCUT2D eigenvalue weighted by atomic mass is 10.1. The van der Waals surface area contributed by atoms with E-state index in [0.29, 0.717) is 13.1 Å². The number of aromatic hydroxyl groups is 2. The molecule has 0 aliphatic carbocycles. The van der Waals surface area contributed by atoms with E-state index in [1.807, 2.05) is 6.92 Å². The Morgan fingerprint density at radius 3 is 2.24 bits per heavy atom. The van der Waals surface area contributed by atoms with Gasteiger partial charge in [0.1, 0.15) is 11.5 Å². The standard InChI is InChI=1S/C16H26N2O3/c1-4-17(5-2)10-7-11-18(6-3)16(21)14-9-8-13(19)12-15(14)20/h8-9,12,19-20H,4-7,10-11H2,1-3H3. The highest BCUT2D eigenvalue weighted by atomic mass is 16.3. The monoisotopic (exact) mass is 294 g/mol. The van der Waals surface area contributed by atoms with Crippen LogP contribution in [0.4, 0.5) is 0 Å². The number of carbonyl (C=O) groups excluding carboxylic acids is 1. The molecular weight excluding hydrogens is 268 g/mol. The maximum Gasteiger partial charge on any atom is 0.257 e. The minimum absolute atomic E-state index is 0.0476. The van der Waals surface area contributed by atoms with Crippen molar-refractivity contribution in [2.45, 2.75) is 27.2 Å². The van der Waals surface area contributed by atoms with Crippen LogP contribution in [0.3, 0.4) is 0 Å². The molecule has 1 aromatic carbocycles. The third kappa shape index (κ3) is 4.93. The zero-order valence-electron chi connectivity index (χ0n) is 13.2. The molecule has 0 bridgehead atoms. The summed E-state index contributed by atoms with van der Waals surface area (Å²) in [5.41, 5.74) is 0.234. The molecule has 0 saturated heterocycles. The highest BCUT2D eigenvalue weighted by molar-refractivity contribution is 5.97. The van der Waals surface area contributed by atoms with Crippen molar-refractivity contribution in [2.24, 2.45) is 0 Å². The second kappa shape index (κ2) is 8.52. The topological polar surface area (TPSA) is 64.0 Å². The molecular formula is C16H26N2O3. The molecule has 0 spiro atoms. The van der Waals surface area contributed by atoms with Crippen molar-refractivity contribution >= 4 is 5.91 Å². The van der Waals surface area contributed by atoms with Crippen LogP contribution < -0.4 is 0 Å². The molecule has 1 aromatic rings. The molecule has 21 heavy (non-hydrogen) atoms. The molecule has 0 heterocycles. The number of carbonyl (C=O) groups is 1. The molecule has 0 unspecified atom stereocenters. The Morgan fingerprint density at radius 2 is 1.71 bits per heavy atom. The number of amides is 1. The van der Waals surface area contributed by atoms with Gasteiger partial charge in [-0.25, -0.2) is 0 Å². The van der Waals surface area contributed by atoms with E-state index >= 15 is 0 Å². The number of benzene rings is 1. The van der Waals surface area contributed by atoms with Crippen LogP contribution in [-0.2, 0) is 0 Å². The Balaban J connectivity index is 2.64. The molecule has 118 valence electrons. The van der Waals surface area contributed by atoms with E-state index in [1.165, 1.54) is 18.2 Å². The number of hydrogen-bond donors (Lipinski definition) is 2. The van der Waals surface area contributed by atoms with E-state index in [2.05, 4.69) is 18.7 Å². The minimum atomic E-state index is -0.199. The molecule has 5 nitrogen and oxygen atoms in total. The summed E-state index contributed by atoms with van der Waals surface area (Å²) in [5.74, 6) is -0.426. The zero-order chi connectivity index (χ0) is 15.8. The van der Waals surface area contributed by atoms with Crippen molar-refractivity contribution in [3.8, 4) is 11.5 Å². The van der Waals surface area contributed by atoms with Crippen molar-refractivity contribution in [1.82, 2.24) is 9.80 Å². The second-order valence-electron chi connectivity index (χ2n) is 4.97. The van der Waals surface area contributed by atoms with E-state index in [4.69, 9.17) is 0 Å². The zero-order valence-corrected chi connectivity index (χ0v) is 13.2. The summed E-state index contributed by atoms with van der Waals surface area (Å²) < 4.78 is 0. The van der Waals surface area contributed by atoms with Gasteiger partial charge in [-0.05, 0) is 45.1 Å². The van der Waals surface area contributed by atoms with Gasteiger partial charge in [0.15, 0.2) is 0 Å². The lowest BCUT2D eigenvalue weighted by Gasteiger charge is -2.24. The van der Waals surface area contributed by atoms with Crippen LogP contribution in [-0.4, -0.2) is 58.6 Å². The van der Waals surface area contributed by atoms with Gasteiger partial charge in [0, 0.05) is 19.2 Å². The number of hydrogen-bond acceptors (Lipinski definition) is 4. The molecule has 0 fully saturated rings. The fourth-order valence-corrected chi connectivity index (χ4v) is 2.30. The summed E-state index contributed by atoms with van der Waals surface area (Å²) in [6.07, 6.45) is 0.903. The second-order valence-corrected chi connectivity index (χ2v) is 4.97. The number of nitrogens with zero attached hydrogens (tertiary/aromatic N) is 2. The average Bonchev–Trinajstić information content (AvgIpc) is 2.47. The Bertz CT molecular complexity index is 459. The molecule has 1 amide bonds. The fraction of sp³-hybridized carbons (Fsp3) is 0.562. The Morgan fingerprint density at radius 1 is 1.05 bits per heavy atom. The van der Waals surface area contributed by atoms with Crippen molar-refractivity contribution in [3.05, 3.63) is 23.8 Å². The Kier molecular flexibility index (Phi) is 7.02. The van der Waals surface area contributed by atoms with E-state index < -0.39 is 0 Å². The third-order valence-electron chi connectivity index (χ3n) is 3.68. The third-order valence-corrected chi connectivity index (χ3v) is 3.68. The quantitative estimate of drug-likeness (QED) is 0.772. The van der Waals surface area contributed by atoms with Crippen LogP contribution in [0.2, 0.25) is 0 Å². The van der Waals surface area contributed by atoms with E-state index in [0.717, 1.165) is 26.1 Å². The minimum Gasteiger partial charge on any atom is -0.508 e. The Hall–Kier alpha value is -1.75. The first-order valence-electron chi connectivity index (χ1n) is 7.57. The molecule has 0 saturated carbocycles. The van der Waals surface area contributed by atoms with Gasteiger partial charge in [-0.3, -0.25) is 4.79 Å². The van der Waals surface area contributed by atoms with Crippen molar-refractivity contribution in [3.63, 3.8) is 0 Å². The predicted octanol–water partition coefficient (Wildman–Crippen LogP) is 2.29. The summed E-state index contributed by atoms with van der Waals surface area (Å²) in [6, 6.07) is 4.06. The Labute approximate surface area is 126 Å². The van der Waals surface area contributed by atoms with Crippen molar-refractivity contribution in [1.29, 1.82) is 0 Å². The SMILES string of the molecule is CCN(CC)CCCN(CC)C(=O)c1ccc(O)cc1O. The summed E-state index contributed by atoms with van der Waals surface area (Å²) in [5, 5.41) is 19.1. The predicted molar refractivity (Wildman–Crippen MR) is 83.8 cm³/mol. The lowest BCUT2D eigenvalue weighted by molar-refractivity contribution is 0.0754. The van der Waals surface area contributed by atoms with Gasteiger partial charge in [0.05, 0.1) is 5.56 Å². The summed E-state index contributed by atoms with van der Waals surface area (Å²) in [4.78, 5) is 16.4. The number of phenolic OH excluding ortho intramolecular Hbond substituents is 2. The van der Waals surface area contributed by atoms with Gasteiger partial charge in [0.2, 0.25) is 0 Å². The lowest BCUT2D eigenvalue weighted by Crippen LogP contribution is -2.34. The van der Waals surface area contributed by atoms with E-state index in [-0.39, 0.29) is 23.0 Å². The normalized spacial score (nSPS) is 10.9. The first-order valence-corrected chi connectivity index (χ1v) is 7.57. The van der Waals surface area contributed by atoms with Crippen LogP contribution >= 0.6 is 0 Å². The van der Waals surface area contributed by atoms with Gasteiger partial charge in [-0.15, -0.1) is 0 Å². The maximum atomic E-state index is 12.4. The molecule has 5 heteroatoms. The van der Waals surface area contributed by atoms with Crippen molar-refractivity contribution < 1.29 is 15.0 Å². The van der Waals surface area contributed by atoms with Gasteiger partial charge < -0.3 is 20.0 Å². The van der Waals surface area contributed by atoms with E-state index in [1.54, 1.807) is 4.90 Å². The molecule has 0 aliphatic heterocycles. The maximum absolute atomic E-state index is 12.4. The molecule has 0 aliphatic rings. The fourth-order valence-electron chi connectivity index (χ4n) is 2.30. The largest absolute Gasteiger partial charge is 0.508 e. The van der Waals surface area contributed by atoms with Crippen LogP contribution in [0.15, 0.2) is 18.2 Å². The van der Waals surface area contributed by atoms with Crippen LogP contribution in [0.1, 0.15) is 37.6 Å². The van der Waals surface area contributed by atoms with Gasteiger partial charge in [-0.1, -0.05) is 13.8 Å². The smallest absolute Gasteiger partial charge is 0.257 e. The van der Waals surface area contributed by atoms with Gasteiger partial charge in [-0.2, -0.15) is 0 Å². The van der Waals surface area contributed by atoms with Crippen LogP contribution in [0, 0.1) is 0 Å². The highest BCUT2D eigenvalue weighted by Gasteiger charge is 2.17. The molecule has 0 radical (unpaired) electrons. The van der Waals surface area contributed by atoms with Gasteiger partial charge in [0.25, 0.3) is 5.91 Å². The molecule has 2 N–H and O–H groups in total. The molecule has 0 atom stereocenters. The van der Waals surface area contributed by atoms with Crippen LogP contribution in [0.25, 0.3) is 0 Å². The molecule has 1 rings (SSSR count). The first-order chi connectivity index (χ1) is 10.0. The van der Waals surface area contributed by atoms with Gasteiger partial charge >= 0.3 is 0 Å².